The standard InChI is InChI=1S/C18H20N2O4S/c1-25-12-11-16(17(21)22)20-18(23)19-13-7-9-15(10-8-13)24-14-5-3-2-4-6-14/h2-10,16H,11-12H2,1H3,(H,21,22)(H2,19,20,23)/p-1/t16-/m0/s1. The van der Waals surface area contributed by atoms with Crippen molar-refractivity contribution in [2.24, 2.45) is 0 Å². The van der Waals surface area contributed by atoms with E-state index in [0.29, 0.717) is 29.4 Å². The average molecular weight is 359 g/mol. The highest BCUT2D eigenvalue weighted by atomic mass is 32.2. The van der Waals surface area contributed by atoms with Crippen LogP contribution in [0.4, 0.5) is 10.5 Å². The SMILES string of the molecule is CSCC[C@H](NC(=O)Nc1ccc(Oc2ccccc2)cc1)C(=O)[O-]. The summed E-state index contributed by atoms with van der Waals surface area (Å²) in [5.74, 6) is 0.664. The molecule has 2 aromatic rings. The molecule has 7 heteroatoms. The van der Waals surface area contributed by atoms with Gasteiger partial charge in [0.05, 0.1) is 12.0 Å². The predicted octanol–water partition coefficient (Wildman–Crippen LogP) is 2.47. The van der Waals surface area contributed by atoms with Gasteiger partial charge in [0, 0.05) is 5.69 Å². The van der Waals surface area contributed by atoms with Crippen molar-refractivity contribution in [3.63, 3.8) is 0 Å². The molecule has 2 N–H and O–H groups in total. The van der Waals surface area contributed by atoms with E-state index >= 15 is 0 Å². The fourth-order valence-electron chi connectivity index (χ4n) is 2.04. The summed E-state index contributed by atoms with van der Waals surface area (Å²) < 4.78 is 5.66. The zero-order valence-electron chi connectivity index (χ0n) is 13.7. The number of carbonyl (C=O) groups is 2. The molecule has 2 amide bonds. The Labute approximate surface area is 150 Å². The van der Waals surface area contributed by atoms with E-state index < -0.39 is 18.0 Å². The fourth-order valence-corrected chi connectivity index (χ4v) is 2.51. The highest BCUT2D eigenvalue weighted by Crippen LogP contribution is 2.22. The van der Waals surface area contributed by atoms with E-state index in [9.17, 15) is 14.7 Å². The Bertz CT molecular complexity index is 692. The van der Waals surface area contributed by atoms with Crippen LogP contribution >= 0.6 is 11.8 Å². The van der Waals surface area contributed by atoms with E-state index in [4.69, 9.17) is 4.74 Å². The van der Waals surface area contributed by atoms with Crippen LogP contribution in [0.15, 0.2) is 54.6 Å². The summed E-state index contributed by atoms with van der Waals surface area (Å²) in [7, 11) is 0. The van der Waals surface area contributed by atoms with Crippen LogP contribution in [0.25, 0.3) is 0 Å². The number of carboxylic acids is 1. The number of urea groups is 1. The second-order valence-electron chi connectivity index (χ2n) is 5.19. The van der Waals surface area contributed by atoms with Gasteiger partial charge in [0.25, 0.3) is 0 Å². The fraction of sp³-hybridized carbons (Fsp3) is 0.222. The van der Waals surface area contributed by atoms with Crippen LogP contribution in [0.3, 0.4) is 0 Å². The first kappa shape index (κ1) is 18.7. The number of aliphatic carboxylic acids is 1. The maximum Gasteiger partial charge on any atom is 0.319 e. The molecule has 0 heterocycles. The third kappa shape index (κ3) is 6.39. The zero-order valence-corrected chi connectivity index (χ0v) is 14.5. The smallest absolute Gasteiger partial charge is 0.319 e. The Balaban J connectivity index is 1.89. The molecule has 0 fully saturated rings. The van der Waals surface area contributed by atoms with Gasteiger partial charge in [-0.15, -0.1) is 0 Å². The summed E-state index contributed by atoms with van der Waals surface area (Å²) in [5.41, 5.74) is 0.528. The average Bonchev–Trinajstić information content (AvgIpc) is 2.61. The van der Waals surface area contributed by atoms with Crippen molar-refractivity contribution in [1.29, 1.82) is 0 Å². The van der Waals surface area contributed by atoms with E-state index in [1.54, 1.807) is 24.3 Å². The Hall–Kier alpha value is -2.67. The predicted molar refractivity (Wildman–Crippen MR) is 96.9 cm³/mol. The Kier molecular flexibility index (Phi) is 7.16. The number of hydrogen-bond acceptors (Lipinski definition) is 5. The number of nitrogens with one attached hydrogen (secondary N) is 2. The van der Waals surface area contributed by atoms with E-state index in [-0.39, 0.29) is 0 Å². The first-order valence-electron chi connectivity index (χ1n) is 7.69. The number of ether oxygens (including phenoxy) is 1. The number of para-hydroxylation sites is 1. The molecule has 25 heavy (non-hydrogen) atoms. The van der Waals surface area contributed by atoms with Gasteiger partial charge >= 0.3 is 6.03 Å². The number of carbonyl (C=O) groups excluding carboxylic acids is 2. The molecule has 1 atom stereocenters. The minimum atomic E-state index is -1.30. The summed E-state index contributed by atoms with van der Waals surface area (Å²) in [4.78, 5) is 22.9. The van der Waals surface area contributed by atoms with Gasteiger partial charge in [-0.05, 0) is 54.8 Å². The van der Waals surface area contributed by atoms with Crippen molar-refractivity contribution in [3.8, 4) is 11.5 Å². The van der Waals surface area contributed by atoms with Gasteiger partial charge < -0.3 is 25.3 Å². The van der Waals surface area contributed by atoms with Crippen LogP contribution in [0.5, 0.6) is 11.5 Å². The third-order valence-corrected chi connectivity index (χ3v) is 3.94. The molecular formula is C18H19N2O4S-. The molecule has 132 valence electrons. The number of anilines is 1. The largest absolute Gasteiger partial charge is 0.548 e. The Morgan fingerprint density at radius 2 is 1.72 bits per heavy atom. The molecule has 0 aromatic heterocycles. The molecule has 0 unspecified atom stereocenters. The number of benzene rings is 2. The number of amides is 2. The monoisotopic (exact) mass is 359 g/mol. The molecule has 0 saturated heterocycles. The minimum absolute atomic E-state index is 0.306. The number of rotatable bonds is 8. The maximum atomic E-state index is 11.9. The zero-order chi connectivity index (χ0) is 18.1. The summed E-state index contributed by atoms with van der Waals surface area (Å²) >= 11 is 1.50. The number of carboxylic acid groups (broad SMARTS) is 1. The normalized spacial score (nSPS) is 11.4. The number of hydrogen-bond donors (Lipinski definition) is 2. The second-order valence-corrected chi connectivity index (χ2v) is 6.18. The van der Waals surface area contributed by atoms with Crippen LogP contribution in [0.2, 0.25) is 0 Å². The van der Waals surface area contributed by atoms with Gasteiger partial charge in [0.1, 0.15) is 11.5 Å². The van der Waals surface area contributed by atoms with Crippen LogP contribution in [-0.4, -0.2) is 30.1 Å². The van der Waals surface area contributed by atoms with Gasteiger partial charge in [-0.2, -0.15) is 11.8 Å². The first-order valence-corrected chi connectivity index (χ1v) is 9.08. The summed E-state index contributed by atoms with van der Waals surface area (Å²) in [6.45, 7) is 0. The van der Waals surface area contributed by atoms with Crippen molar-refractivity contribution in [1.82, 2.24) is 5.32 Å². The summed E-state index contributed by atoms with van der Waals surface area (Å²) in [6.07, 6.45) is 2.17. The van der Waals surface area contributed by atoms with Crippen molar-refractivity contribution in [2.45, 2.75) is 12.5 Å². The van der Waals surface area contributed by atoms with Gasteiger partial charge in [-0.3, -0.25) is 0 Å². The van der Waals surface area contributed by atoms with Crippen LogP contribution < -0.4 is 20.5 Å². The van der Waals surface area contributed by atoms with E-state index in [1.807, 2.05) is 36.6 Å². The highest BCUT2D eigenvalue weighted by molar-refractivity contribution is 7.98. The number of thioether (sulfide) groups is 1. The van der Waals surface area contributed by atoms with Crippen LogP contribution in [0, 0.1) is 0 Å². The molecule has 0 radical (unpaired) electrons. The lowest BCUT2D eigenvalue weighted by Gasteiger charge is -2.19. The minimum Gasteiger partial charge on any atom is -0.548 e. The molecular weight excluding hydrogens is 340 g/mol. The van der Waals surface area contributed by atoms with Gasteiger partial charge in [0.2, 0.25) is 0 Å². The molecule has 0 spiro atoms. The van der Waals surface area contributed by atoms with Crippen molar-refractivity contribution < 1.29 is 19.4 Å². The quantitative estimate of drug-likeness (QED) is 0.756. The Morgan fingerprint density at radius 1 is 1.08 bits per heavy atom. The van der Waals surface area contributed by atoms with Crippen molar-refractivity contribution in [3.05, 3.63) is 54.6 Å². The van der Waals surface area contributed by atoms with Crippen molar-refractivity contribution >= 4 is 29.4 Å². The molecule has 6 nitrogen and oxygen atoms in total. The Morgan fingerprint density at radius 3 is 2.32 bits per heavy atom. The van der Waals surface area contributed by atoms with Crippen LogP contribution in [0.1, 0.15) is 6.42 Å². The second kappa shape index (κ2) is 9.58. The van der Waals surface area contributed by atoms with E-state index in [2.05, 4.69) is 10.6 Å². The molecule has 2 rings (SSSR count). The van der Waals surface area contributed by atoms with Gasteiger partial charge in [-0.1, -0.05) is 18.2 Å². The topological polar surface area (TPSA) is 90.5 Å². The lowest BCUT2D eigenvalue weighted by atomic mass is 10.2. The van der Waals surface area contributed by atoms with Crippen molar-refractivity contribution in [2.75, 3.05) is 17.3 Å². The van der Waals surface area contributed by atoms with Gasteiger partial charge in [0.15, 0.2) is 0 Å². The van der Waals surface area contributed by atoms with E-state index in [1.165, 1.54) is 11.8 Å². The summed E-state index contributed by atoms with van der Waals surface area (Å²) in [6, 6.07) is 14.5. The van der Waals surface area contributed by atoms with E-state index in [0.717, 1.165) is 0 Å². The molecule has 2 aromatic carbocycles. The first-order chi connectivity index (χ1) is 12.1. The molecule has 0 saturated carbocycles. The van der Waals surface area contributed by atoms with Crippen LogP contribution in [-0.2, 0) is 4.79 Å². The molecule has 0 aliphatic carbocycles. The molecule has 0 aliphatic heterocycles. The lowest BCUT2D eigenvalue weighted by molar-refractivity contribution is -0.308. The highest BCUT2D eigenvalue weighted by Gasteiger charge is 2.13. The maximum absolute atomic E-state index is 11.9. The molecule has 0 aliphatic rings. The molecule has 0 bridgehead atoms. The lowest BCUT2D eigenvalue weighted by Crippen LogP contribution is -2.49. The third-order valence-electron chi connectivity index (χ3n) is 3.29. The summed E-state index contributed by atoms with van der Waals surface area (Å²) in [5, 5.41) is 16.0. The van der Waals surface area contributed by atoms with Gasteiger partial charge in [-0.25, -0.2) is 4.79 Å².